The molecule has 5 heteroatoms. The highest BCUT2D eigenvalue weighted by atomic mass is 19.1. The highest BCUT2D eigenvalue weighted by Crippen LogP contribution is 2.21. The lowest BCUT2D eigenvalue weighted by Gasteiger charge is -2.20. The van der Waals surface area contributed by atoms with Gasteiger partial charge in [0, 0.05) is 26.2 Å². The van der Waals surface area contributed by atoms with Gasteiger partial charge in [0.05, 0.1) is 17.3 Å². The number of hydrogen-bond donors (Lipinski definition) is 1. The Labute approximate surface area is 128 Å². The third kappa shape index (κ3) is 3.41. The normalized spacial score (nSPS) is 9.91. The van der Waals surface area contributed by atoms with Crippen LogP contribution in [-0.2, 0) is 6.54 Å². The summed E-state index contributed by atoms with van der Waals surface area (Å²) >= 11 is 0. The topological polar surface area (TPSA) is 56.1 Å². The summed E-state index contributed by atoms with van der Waals surface area (Å²) < 4.78 is 14.0. The summed E-state index contributed by atoms with van der Waals surface area (Å²) in [5.74, 6) is -0.568. The van der Waals surface area contributed by atoms with Gasteiger partial charge in [-0.3, -0.25) is 4.79 Å². The van der Waals surface area contributed by atoms with Crippen LogP contribution in [0.1, 0.15) is 21.5 Å². The first-order valence-electron chi connectivity index (χ1n) is 6.77. The Morgan fingerprint density at radius 2 is 1.95 bits per heavy atom. The molecule has 0 spiro atoms. The van der Waals surface area contributed by atoms with Crippen LogP contribution in [0.25, 0.3) is 0 Å². The Morgan fingerprint density at radius 1 is 1.27 bits per heavy atom. The molecule has 2 aromatic carbocycles. The number of anilines is 1. The van der Waals surface area contributed by atoms with Crippen LogP contribution < -0.4 is 10.2 Å². The molecule has 1 N–H and O–H groups in total. The summed E-state index contributed by atoms with van der Waals surface area (Å²) in [7, 11) is 3.36. The summed E-state index contributed by atoms with van der Waals surface area (Å²) in [6.45, 7) is 0.497. The number of benzene rings is 2. The van der Waals surface area contributed by atoms with Crippen LogP contribution in [0.4, 0.5) is 10.1 Å². The molecule has 0 atom stereocenters. The van der Waals surface area contributed by atoms with E-state index in [9.17, 15) is 9.18 Å². The predicted molar refractivity (Wildman–Crippen MR) is 83.1 cm³/mol. The van der Waals surface area contributed by atoms with E-state index in [4.69, 9.17) is 5.26 Å². The Balaban J connectivity index is 2.13. The average molecular weight is 297 g/mol. The van der Waals surface area contributed by atoms with E-state index in [0.717, 1.165) is 5.56 Å². The number of carbonyl (C=O) groups is 1. The minimum absolute atomic E-state index is 0.141. The molecule has 0 saturated heterocycles. The van der Waals surface area contributed by atoms with E-state index in [-0.39, 0.29) is 5.91 Å². The second-order valence-corrected chi connectivity index (χ2v) is 4.91. The molecule has 0 heterocycles. The van der Waals surface area contributed by atoms with Crippen LogP contribution in [0.5, 0.6) is 0 Å². The fraction of sp³-hybridized carbons (Fsp3) is 0.176. The van der Waals surface area contributed by atoms with Gasteiger partial charge >= 0.3 is 0 Å². The molecule has 0 aromatic heterocycles. The molecular weight excluding hydrogens is 281 g/mol. The van der Waals surface area contributed by atoms with Crippen molar-refractivity contribution in [2.75, 3.05) is 19.0 Å². The number of hydrogen-bond acceptors (Lipinski definition) is 3. The zero-order valence-electron chi connectivity index (χ0n) is 12.4. The van der Waals surface area contributed by atoms with Crippen LogP contribution in [0, 0.1) is 17.1 Å². The highest BCUT2D eigenvalue weighted by molar-refractivity contribution is 5.93. The number of nitrogens with zero attached hydrogens (tertiary/aromatic N) is 2. The van der Waals surface area contributed by atoms with Crippen molar-refractivity contribution in [2.24, 2.45) is 0 Å². The molecule has 22 heavy (non-hydrogen) atoms. The summed E-state index contributed by atoms with van der Waals surface area (Å²) in [6.07, 6.45) is 0. The van der Waals surface area contributed by atoms with Crippen molar-refractivity contribution in [3.63, 3.8) is 0 Å². The summed E-state index contributed by atoms with van der Waals surface area (Å²) in [6, 6.07) is 13.4. The molecule has 0 aliphatic rings. The Hall–Kier alpha value is -2.87. The molecule has 0 unspecified atom stereocenters. The standard InChI is InChI=1S/C17H16FN3O/c1-20-17(22)14-6-3-12(4-7-14)11-21(2)16-8-5-13(10-19)9-15(16)18/h3-9H,11H2,1-2H3,(H,20,22). The van der Waals surface area contributed by atoms with Gasteiger partial charge in [-0.2, -0.15) is 5.26 Å². The molecule has 112 valence electrons. The maximum Gasteiger partial charge on any atom is 0.251 e. The minimum atomic E-state index is -0.427. The molecule has 0 aliphatic heterocycles. The van der Waals surface area contributed by atoms with E-state index in [2.05, 4.69) is 5.32 Å². The van der Waals surface area contributed by atoms with Gasteiger partial charge in [-0.1, -0.05) is 12.1 Å². The Kier molecular flexibility index (Phi) is 4.74. The molecule has 0 radical (unpaired) electrons. The zero-order valence-corrected chi connectivity index (χ0v) is 12.4. The first kappa shape index (κ1) is 15.5. The predicted octanol–water partition coefficient (Wildman–Crippen LogP) is 2.69. The average Bonchev–Trinajstić information content (AvgIpc) is 2.54. The van der Waals surface area contributed by atoms with Crippen LogP contribution >= 0.6 is 0 Å². The largest absolute Gasteiger partial charge is 0.368 e. The lowest BCUT2D eigenvalue weighted by atomic mass is 10.1. The Morgan fingerprint density at radius 3 is 2.50 bits per heavy atom. The summed E-state index contributed by atoms with van der Waals surface area (Å²) in [4.78, 5) is 13.2. The fourth-order valence-electron chi connectivity index (χ4n) is 2.15. The van der Waals surface area contributed by atoms with Crippen molar-refractivity contribution in [1.29, 1.82) is 5.26 Å². The van der Waals surface area contributed by atoms with Crippen molar-refractivity contribution in [3.8, 4) is 6.07 Å². The Bertz CT molecular complexity index is 720. The van der Waals surface area contributed by atoms with Crippen molar-refractivity contribution in [2.45, 2.75) is 6.54 Å². The van der Waals surface area contributed by atoms with E-state index in [1.165, 1.54) is 6.07 Å². The number of rotatable bonds is 4. The van der Waals surface area contributed by atoms with E-state index in [1.807, 2.05) is 18.2 Å². The molecule has 4 nitrogen and oxygen atoms in total. The molecular formula is C17H16FN3O. The van der Waals surface area contributed by atoms with Crippen LogP contribution in [0.2, 0.25) is 0 Å². The highest BCUT2D eigenvalue weighted by Gasteiger charge is 2.10. The number of nitriles is 1. The van der Waals surface area contributed by atoms with Gasteiger partial charge in [0.25, 0.3) is 5.91 Å². The smallest absolute Gasteiger partial charge is 0.251 e. The van der Waals surface area contributed by atoms with Gasteiger partial charge in [0.2, 0.25) is 0 Å². The quantitative estimate of drug-likeness (QED) is 0.944. The lowest BCUT2D eigenvalue weighted by Crippen LogP contribution is -2.19. The SMILES string of the molecule is CNC(=O)c1ccc(CN(C)c2ccc(C#N)cc2F)cc1. The van der Waals surface area contributed by atoms with Gasteiger partial charge in [-0.15, -0.1) is 0 Å². The van der Waals surface area contributed by atoms with Gasteiger partial charge in [-0.25, -0.2) is 4.39 Å². The zero-order chi connectivity index (χ0) is 16.1. The van der Waals surface area contributed by atoms with Gasteiger partial charge < -0.3 is 10.2 Å². The summed E-state index contributed by atoms with van der Waals surface area (Å²) in [5, 5.41) is 11.3. The second kappa shape index (κ2) is 6.72. The van der Waals surface area contributed by atoms with Crippen LogP contribution in [0.15, 0.2) is 42.5 Å². The first-order valence-corrected chi connectivity index (χ1v) is 6.77. The molecule has 0 saturated carbocycles. The molecule has 0 aliphatic carbocycles. The minimum Gasteiger partial charge on any atom is -0.368 e. The summed E-state index contributed by atoms with van der Waals surface area (Å²) in [5.41, 5.74) is 2.26. The number of amides is 1. The maximum atomic E-state index is 14.0. The van der Waals surface area contributed by atoms with Gasteiger partial charge in [0.1, 0.15) is 5.82 Å². The molecule has 2 rings (SSSR count). The van der Waals surface area contributed by atoms with Crippen molar-refractivity contribution >= 4 is 11.6 Å². The van der Waals surface area contributed by atoms with Crippen molar-refractivity contribution < 1.29 is 9.18 Å². The molecule has 1 amide bonds. The van der Waals surface area contributed by atoms with Crippen molar-refractivity contribution in [3.05, 3.63) is 65.0 Å². The van der Waals surface area contributed by atoms with E-state index < -0.39 is 5.82 Å². The van der Waals surface area contributed by atoms with E-state index in [1.54, 1.807) is 43.3 Å². The maximum absolute atomic E-state index is 14.0. The fourth-order valence-corrected chi connectivity index (χ4v) is 2.15. The molecule has 0 bridgehead atoms. The lowest BCUT2D eigenvalue weighted by molar-refractivity contribution is 0.0963. The number of carbonyl (C=O) groups excluding carboxylic acids is 1. The van der Waals surface area contributed by atoms with Crippen molar-refractivity contribution in [1.82, 2.24) is 5.32 Å². The first-order chi connectivity index (χ1) is 10.5. The number of halogens is 1. The van der Waals surface area contributed by atoms with Gasteiger partial charge in [-0.05, 0) is 35.9 Å². The van der Waals surface area contributed by atoms with E-state index >= 15 is 0 Å². The van der Waals surface area contributed by atoms with Gasteiger partial charge in [0.15, 0.2) is 0 Å². The second-order valence-electron chi connectivity index (χ2n) is 4.91. The van der Waals surface area contributed by atoms with E-state index in [0.29, 0.717) is 23.4 Å². The molecule has 0 fully saturated rings. The molecule has 2 aromatic rings. The van der Waals surface area contributed by atoms with Crippen LogP contribution in [0.3, 0.4) is 0 Å². The number of nitrogens with one attached hydrogen (secondary N) is 1. The van der Waals surface area contributed by atoms with Crippen LogP contribution in [-0.4, -0.2) is 20.0 Å². The monoisotopic (exact) mass is 297 g/mol. The third-order valence-corrected chi connectivity index (χ3v) is 3.35. The third-order valence-electron chi connectivity index (χ3n) is 3.35.